The van der Waals surface area contributed by atoms with E-state index in [2.05, 4.69) is 25.1 Å². The second-order valence-corrected chi connectivity index (χ2v) is 6.52. The van der Waals surface area contributed by atoms with Crippen LogP contribution in [-0.2, 0) is 12.0 Å². The van der Waals surface area contributed by atoms with Crippen LogP contribution in [0.3, 0.4) is 0 Å². The largest absolute Gasteiger partial charge is 0.385 e. The molecule has 3 N–H and O–H groups in total. The lowest BCUT2D eigenvalue weighted by atomic mass is 9.67. The first-order valence-corrected chi connectivity index (χ1v) is 7.66. The fourth-order valence-electron chi connectivity index (χ4n) is 4.46. The van der Waals surface area contributed by atoms with Gasteiger partial charge in [0, 0.05) is 12.0 Å². The van der Waals surface area contributed by atoms with Crippen LogP contribution < -0.4 is 5.73 Å². The van der Waals surface area contributed by atoms with Gasteiger partial charge in [0.2, 0.25) is 0 Å². The molecule has 0 amide bonds. The molecular weight excluding hydrogens is 234 g/mol. The fraction of sp³-hybridized carbons (Fsp3) is 0.647. The molecule has 104 valence electrons. The number of fused-ring (bicyclic) bond motifs is 1. The molecule has 2 nitrogen and oxygen atoms in total. The molecule has 0 spiro atoms. The van der Waals surface area contributed by atoms with Gasteiger partial charge in [-0.25, -0.2) is 0 Å². The van der Waals surface area contributed by atoms with Crippen molar-refractivity contribution in [3.05, 3.63) is 35.4 Å². The maximum atomic E-state index is 11.4. The van der Waals surface area contributed by atoms with Crippen molar-refractivity contribution in [1.82, 2.24) is 0 Å². The van der Waals surface area contributed by atoms with Gasteiger partial charge in [0.25, 0.3) is 0 Å². The van der Waals surface area contributed by atoms with Gasteiger partial charge in [-0.2, -0.15) is 0 Å². The summed E-state index contributed by atoms with van der Waals surface area (Å²) < 4.78 is 0. The molecule has 0 radical (unpaired) electrons. The van der Waals surface area contributed by atoms with E-state index >= 15 is 0 Å². The Kier molecular flexibility index (Phi) is 3.18. The molecule has 0 aromatic heterocycles. The van der Waals surface area contributed by atoms with Gasteiger partial charge in [0.05, 0.1) is 5.60 Å². The summed E-state index contributed by atoms with van der Waals surface area (Å²) in [6, 6.07) is 8.39. The predicted molar refractivity (Wildman–Crippen MR) is 77.8 cm³/mol. The molecule has 0 saturated heterocycles. The Hall–Kier alpha value is -0.860. The smallest absolute Gasteiger partial charge is 0.0970 e. The molecule has 1 fully saturated rings. The summed E-state index contributed by atoms with van der Waals surface area (Å²) in [6.07, 6.45) is 6.43. The number of hydrogen-bond acceptors (Lipinski definition) is 2. The zero-order valence-electron chi connectivity index (χ0n) is 11.9. The molecule has 3 rings (SSSR count). The Labute approximate surface area is 116 Å². The number of aryl methyl sites for hydroxylation is 1. The third-order valence-corrected chi connectivity index (χ3v) is 5.78. The highest BCUT2D eigenvalue weighted by atomic mass is 16.3. The maximum absolute atomic E-state index is 11.4. The molecule has 0 bridgehead atoms. The molecule has 2 aliphatic carbocycles. The minimum atomic E-state index is -0.692. The quantitative estimate of drug-likeness (QED) is 0.876. The number of nitrogens with two attached hydrogens (primary N) is 1. The first kappa shape index (κ1) is 13.1. The van der Waals surface area contributed by atoms with Crippen molar-refractivity contribution in [3.63, 3.8) is 0 Å². The second kappa shape index (κ2) is 4.60. The van der Waals surface area contributed by atoms with Crippen LogP contribution in [0.15, 0.2) is 24.3 Å². The SMILES string of the molecule is CCC1CCC(CN)(C2(O)CCc3ccccc32)C1. The summed E-state index contributed by atoms with van der Waals surface area (Å²) in [4.78, 5) is 0. The Morgan fingerprint density at radius 2 is 2.11 bits per heavy atom. The Bertz CT molecular complexity index is 472. The average Bonchev–Trinajstić information content (AvgIpc) is 3.03. The van der Waals surface area contributed by atoms with Crippen molar-refractivity contribution in [2.45, 2.75) is 51.0 Å². The van der Waals surface area contributed by atoms with E-state index in [1.807, 2.05) is 6.07 Å². The van der Waals surface area contributed by atoms with E-state index in [9.17, 15) is 5.11 Å². The minimum Gasteiger partial charge on any atom is -0.385 e. The van der Waals surface area contributed by atoms with Crippen LogP contribution in [0.4, 0.5) is 0 Å². The van der Waals surface area contributed by atoms with Crippen LogP contribution >= 0.6 is 0 Å². The molecule has 1 aromatic carbocycles. The number of rotatable bonds is 3. The van der Waals surface area contributed by atoms with E-state index in [0.717, 1.165) is 37.2 Å². The van der Waals surface area contributed by atoms with E-state index in [4.69, 9.17) is 5.73 Å². The standard InChI is InChI=1S/C17H25NO/c1-2-13-7-9-16(11-13,12-18)17(19)10-8-14-5-3-4-6-15(14)17/h3-6,13,19H,2,7-12,18H2,1H3. The highest BCUT2D eigenvalue weighted by Crippen LogP contribution is 2.57. The molecule has 2 heteroatoms. The summed E-state index contributed by atoms with van der Waals surface area (Å²) in [5, 5.41) is 11.4. The van der Waals surface area contributed by atoms with Crippen LogP contribution in [0.25, 0.3) is 0 Å². The van der Waals surface area contributed by atoms with Crippen LogP contribution in [-0.4, -0.2) is 11.7 Å². The lowest BCUT2D eigenvalue weighted by molar-refractivity contribution is -0.0855. The van der Waals surface area contributed by atoms with Gasteiger partial charge in [0.15, 0.2) is 0 Å². The molecule has 3 atom stereocenters. The van der Waals surface area contributed by atoms with Gasteiger partial charge in [-0.05, 0) is 49.1 Å². The number of hydrogen-bond donors (Lipinski definition) is 2. The third kappa shape index (κ3) is 1.77. The number of benzene rings is 1. The van der Waals surface area contributed by atoms with Gasteiger partial charge in [-0.3, -0.25) is 0 Å². The summed E-state index contributed by atoms with van der Waals surface area (Å²) >= 11 is 0. The van der Waals surface area contributed by atoms with Crippen LogP contribution in [0.5, 0.6) is 0 Å². The zero-order valence-corrected chi connectivity index (χ0v) is 11.9. The van der Waals surface area contributed by atoms with E-state index in [1.165, 1.54) is 18.4 Å². The van der Waals surface area contributed by atoms with Crippen molar-refractivity contribution in [3.8, 4) is 0 Å². The summed E-state index contributed by atoms with van der Waals surface area (Å²) in [6.45, 7) is 2.86. The van der Waals surface area contributed by atoms with Crippen LogP contribution in [0.2, 0.25) is 0 Å². The first-order valence-electron chi connectivity index (χ1n) is 7.66. The molecule has 1 aromatic rings. The van der Waals surface area contributed by atoms with Crippen molar-refractivity contribution < 1.29 is 5.11 Å². The topological polar surface area (TPSA) is 46.2 Å². The summed E-state index contributed by atoms with van der Waals surface area (Å²) in [7, 11) is 0. The van der Waals surface area contributed by atoms with E-state index in [1.54, 1.807) is 0 Å². The number of aliphatic hydroxyl groups is 1. The van der Waals surface area contributed by atoms with Crippen molar-refractivity contribution in [2.75, 3.05) is 6.54 Å². The lowest BCUT2D eigenvalue weighted by Crippen LogP contribution is -2.47. The molecule has 3 unspecified atom stereocenters. The summed E-state index contributed by atoms with van der Waals surface area (Å²) in [5.41, 5.74) is 7.83. The fourth-order valence-corrected chi connectivity index (χ4v) is 4.46. The van der Waals surface area contributed by atoms with Gasteiger partial charge in [-0.15, -0.1) is 0 Å². The maximum Gasteiger partial charge on any atom is 0.0970 e. The van der Waals surface area contributed by atoms with Crippen molar-refractivity contribution in [2.24, 2.45) is 17.1 Å². The molecular formula is C17H25NO. The Morgan fingerprint density at radius 1 is 1.32 bits per heavy atom. The molecule has 0 aliphatic heterocycles. The van der Waals surface area contributed by atoms with E-state index in [0.29, 0.717) is 6.54 Å². The van der Waals surface area contributed by atoms with Crippen molar-refractivity contribution >= 4 is 0 Å². The van der Waals surface area contributed by atoms with E-state index in [-0.39, 0.29) is 5.41 Å². The molecule has 19 heavy (non-hydrogen) atoms. The molecule has 1 saturated carbocycles. The summed E-state index contributed by atoms with van der Waals surface area (Å²) in [5.74, 6) is 0.736. The normalized spacial score (nSPS) is 37.5. The van der Waals surface area contributed by atoms with Gasteiger partial charge in [-0.1, -0.05) is 37.6 Å². The Balaban J connectivity index is 2.01. The average molecular weight is 259 g/mol. The Morgan fingerprint density at radius 3 is 2.79 bits per heavy atom. The highest BCUT2D eigenvalue weighted by molar-refractivity contribution is 5.39. The highest BCUT2D eigenvalue weighted by Gasteiger charge is 2.55. The molecule has 2 aliphatic rings. The van der Waals surface area contributed by atoms with Crippen molar-refractivity contribution in [1.29, 1.82) is 0 Å². The first-order chi connectivity index (χ1) is 9.15. The minimum absolute atomic E-state index is 0.0969. The second-order valence-electron chi connectivity index (χ2n) is 6.52. The third-order valence-electron chi connectivity index (χ3n) is 5.78. The monoisotopic (exact) mass is 259 g/mol. The van der Waals surface area contributed by atoms with Crippen LogP contribution in [0, 0.1) is 11.3 Å². The van der Waals surface area contributed by atoms with Gasteiger partial charge < -0.3 is 10.8 Å². The van der Waals surface area contributed by atoms with Gasteiger partial charge in [0.1, 0.15) is 0 Å². The molecule has 0 heterocycles. The van der Waals surface area contributed by atoms with E-state index < -0.39 is 5.60 Å². The van der Waals surface area contributed by atoms with Crippen LogP contribution in [0.1, 0.15) is 50.2 Å². The van der Waals surface area contributed by atoms with Gasteiger partial charge >= 0.3 is 0 Å². The lowest BCUT2D eigenvalue weighted by Gasteiger charge is -2.43. The zero-order chi connectivity index (χ0) is 13.5. The predicted octanol–water partition coefficient (Wildman–Crippen LogP) is 2.98.